The lowest BCUT2D eigenvalue weighted by molar-refractivity contribution is 0.170. The molecule has 0 aliphatic carbocycles. The van der Waals surface area contributed by atoms with Gasteiger partial charge in [0.05, 0.1) is 17.1 Å². The van der Waals surface area contributed by atoms with Crippen molar-refractivity contribution in [3.8, 4) is 0 Å². The van der Waals surface area contributed by atoms with E-state index in [1.807, 2.05) is 19.9 Å². The molecule has 1 saturated heterocycles. The fourth-order valence-corrected chi connectivity index (χ4v) is 5.83. The van der Waals surface area contributed by atoms with Gasteiger partial charge in [-0.2, -0.15) is 0 Å². The van der Waals surface area contributed by atoms with E-state index in [9.17, 15) is 13.4 Å². The maximum atomic E-state index is 12.3. The summed E-state index contributed by atoms with van der Waals surface area (Å²) >= 11 is 0. The van der Waals surface area contributed by atoms with Crippen molar-refractivity contribution in [2.75, 3.05) is 5.75 Å². The van der Waals surface area contributed by atoms with Crippen molar-refractivity contribution in [3.05, 3.63) is 40.4 Å². The molecule has 0 amide bonds. The van der Waals surface area contributed by atoms with Crippen LogP contribution in [0, 0.1) is 0 Å². The molecule has 2 aliphatic heterocycles. The molecule has 2 atom stereocenters. The number of fused-ring (bicyclic) bond motifs is 1. The van der Waals surface area contributed by atoms with Crippen LogP contribution in [0.4, 0.5) is 0 Å². The zero-order chi connectivity index (χ0) is 18.2. The van der Waals surface area contributed by atoms with Gasteiger partial charge in [0.2, 0.25) is 0 Å². The van der Waals surface area contributed by atoms with E-state index in [-0.39, 0.29) is 24.8 Å². The molecule has 0 spiro atoms. The molecule has 8 heteroatoms. The molecular weight excluding hydrogens is 343 g/mol. The second-order valence-corrected chi connectivity index (χ2v) is 9.02. The summed E-state index contributed by atoms with van der Waals surface area (Å²) in [5.74, 6) is 1.24. The van der Waals surface area contributed by atoms with Crippen LogP contribution in [0.3, 0.4) is 0 Å². The predicted molar refractivity (Wildman–Crippen MR) is 95.4 cm³/mol. The fourth-order valence-electron chi connectivity index (χ4n) is 3.67. The number of allylic oxidation sites excluding steroid dienone is 1. The van der Waals surface area contributed by atoms with Crippen LogP contribution in [0.15, 0.2) is 33.3 Å². The Balaban J connectivity index is 1.70. The third-order valence-corrected chi connectivity index (χ3v) is 6.95. The van der Waals surface area contributed by atoms with E-state index < -0.39 is 22.2 Å². The predicted octanol–water partition coefficient (Wildman–Crippen LogP) is 1.95. The van der Waals surface area contributed by atoms with Gasteiger partial charge in [0.25, 0.3) is 0 Å². The normalized spacial score (nSPS) is 26.2. The van der Waals surface area contributed by atoms with Gasteiger partial charge in [0.1, 0.15) is 18.1 Å². The zero-order valence-corrected chi connectivity index (χ0v) is 15.3. The lowest BCUT2D eigenvalue weighted by Crippen LogP contribution is -2.41. The molecule has 1 aromatic rings. The Morgan fingerprint density at radius 2 is 2.20 bits per heavy atom. The van der Waals surface area contributed by atoms with Crippen molar-refractivity contribution in [3.63, 3.8) is 0 Å². The number of aliphatic hydroxyl groups is 1. The minimum Gasteiger partial charge on any atom is -0.459 e. The Morgan fingerprint density at radius 1 is 1.44 bits per heavy atom. The SMILES string of the molecule is CC1=C2[C@@H](CC/C(C)=C/c3ccc(CO)o3)OB(O)C[C@@H]2S(=O)(=O)C1. The van der Waals surface area contributed by atoms with Gasteiger partial charge in [-0.1, -0.05) is 11.1 Å². The summed E-state index contributed by atoms with van der Waals surface area (Å²) in [5.41, 5.74) is 2.74. The molecule has 136 valence electrons. The molecule has 2 N–H and O–H groups in total. The van der Waals surface area contributed by atoms with Crippen molar-refractivity contribution in [2.24, 2.45) is 0 Å². The van der Waals surface area contributed by atoms with Gasteiger partial charge in [-0.05, 0) is 50.5 Å². The lowest BCUT2D eigenvalue weighted by atomic mass is 9.75. The molecule has 25 heavy (non-hydrogen) atoms. The van der Waals surface area contributed by atoms with Crippen LogP contribution in [0.25, 0.3) is 6.08 Å². The maximum absolute atomic E-state index is 12.3. The molecule has 0 radical (unpaired) electrons. The van der Waals surface area contributed by atoms with E-state index in [0.717, 1.165) is 16.7 Å². The van der Waals surface area contributed by atoms with E-state index in [2.05, 4.69) is 0 Å². The first-order chi connectivity index (χ1) is 11.8. The van der Waals surface area contributed by atoms with Crippen molar-refractivity contribution < 1.29 is 27.6 Å². The molecule has 6 nitrogen and oxygen atoms in total. The van der Waals surface area contributed by atoms with Crippen molar-refractivity contribution >= 4 is 23.0 Å². The number of hydrogen-bond acceptors (Lipinski definition) is 6. The molecule has 0 aromatic carbocycles. The first-order valence-electron chi connectivity index (χ1n) is 8.41. The zero-order valence-electron chi connectivity index (χ0n) is 14.4. The third kappa shape index (κ3) is 3.92. The van der Waals surface area contributed by atoms with Crippen LogP contribution >= 0.6 is 0 Å². The summed E-state index contributed by atoms with van der Waals surface area (Å²) in [7, 11) is -4.26. The average molecular weight is 366 g/mol. The lowest BCUT2D eigenvalue weighted by Gasteiger charge is -2.31. The number of sulfone groups is 1. The first kappa shape index (κ1) is 18.4. The summed E-state index contributed by atoms with van der Waals surface area (Å²) in [6.07, 6.45) is 2.93. The van der Waals surface area contributed by atoms with Gasteiger partial charge in [-0.25, -0.2) is 8.42 Å². The molecule has 0 saturated carbocycles. The van der Waals surface area contributed by atoms with Crippen LogP contribution in [-0.2, 0) is 21.1 Å². The van der Waals surface area contributed by atoms with Gasteiger partial charge in [0, 0.05) is 6.32 Å². The smallest absolute Gasteiger partial charge is 0.456 e. The second kappa shape index (κ2) is 7.11. The third-order valence-electron chi connectivity index (χ3n) is 4.80. The summed E-state index contributed by atoms with van der Waals surface area (Å²) in [4.78, 5) is 0. The average Bonchev–Trinajstić information content (AvgIpc) is 3.07. The highest BCUT2D eigenvalue weighted by molar-refractivity contribution is 7.92. The number of rotatable bonds is 5. The van der Waals surface area contributed by atoms with E-state index in [0.29, 0.717) is 24.4 Å². The Morgan fingerprint density at radius 3 is 2.88 bits per heavy atom. The molecule has 2 aliphatic rings. The van der Waals surface area contributed by atoms with Crippen molar-refractivity contribution in [2.45, 2.75) is 51.0 Å². The number of furan rings is 1. The minimum atomic E-state index is -3.22. The quantitative estimate of drug-likeness (QED) is 0.611. The van der Waals surface area contributed by atoms with Crippen LogP contribution in [-0.4, -0.2) is 42.8 Å². The largest absolute Gasteiger partial charge is 0.459 e. The Kier molecular flexibility index (Phi) is 5.25. The monoisotopic (exact) mass is 366 g/mol. The second-order valence-electron chi connectivity index (χ2n) is 6.84. The Labute approximate surface area is 148 Å². The Hall–Kier alpha value is -1.35. The van der Waals surface area contributed by atoms with Gasteiger partial charge in [-0.15, -0.1) is 0 Å². The summed E-state index contributed by atoms with van der Waals surface area (Å²) in [6, 6.07) is 3.52. The highest BCUT2D eigenvalue weighted by Gasteiger charge is 2.47. The first-order valence-corrected chi connectivity index (χ1v) is 10.1. The van der Waals surface area contributed by atoms with E-state index in [1.54, 1.807) is 12.1 Å². The Bertz CT molecular complexity index is 807. The van der Waals surface area contributed by atoms with E-state index >= 15 is 0 Å². The highest BCUT2D eigenvalue weighted by atomic mass is 32.2. The molecule has 1 aromatic heterocycles. The topological polar surface area (TPSA) is 97.0 Å². The van der Waals surface area contributed by atoms with Gasteiger partial charge in [0.15, 0.2) is 9.84 Å². The molecule has 0 unspecified atom stereocenters. The van der Waals surface area contributed by atoms with Crippen LogP contribution in [0.5, 0.6) is 0 Å². The van der Waals surface area contributed by atoms with Crippen LogP contribution in [0.1, 0.15) is 38.2 Å². The van der Waals surface area contributed by atoms with Gasteiger partial charge < -0.3 is 19.2 Å². The molecule has 0 bridgehead atoms. The summed E-state index contributed by atoms with van der Waals surface area (Å²) < 4.78 is 35.6. The summed E-state index contributed by atoms with van der Waals surface area (Å²) in [6.45, 7) is 3.66. The molecule has 3 rings (SSSR count). The van der Waals surface area contributed by atoms with Crippen LogP contribution < -0.4 is 0 Å². The van der Waals surface area contributed by atoms with Crippen LogP contribution in [0.2, 0.25) is 6.32 Å². The number of hydrogen-bond donors (Lipinski definition) is 2. The van der Waals surface area contributed by atoms with Gasteiger partial charge >= 0.3 is 7.12 Å². The minimum absolute atomic E-state index is 0.0603. The summed E-state index contributed by atoms with van der Waals surface area (Å²) in [5, 5.41) is 18.3. The van der Waals surface area contributed by atoms with Crippen molar-refractivity contribution in [1.82, 2.24) is 0 Å². The standard InChI is InChI=1S/C17H23BO6S/c1-11(7-13-4-5-14(9-19)23-13)3-6-15-17-12(2)10-25(21,22)16(17)8-18(20)24-15/h4-5,7,15-16,19-20H,3,6,8-10H2,1-2H3/b11-7+/t15-,16+/m1/s1. The molecule has 3 heterocycles. The highest BCUT2D eigenvalue weighted by Crippen LogP contribution is 2.39. The van der Waals surface area contributed by atoms with E-state index in [1.165, 1.54) is 0 Å². The van der Waals surface area contributed by atoms with E-state index in [4.69, 9.17) is 14.2 Å². The number of aliphatic hydroxyl groups excluding tert-OH is 1. The maximum Gasteiger partial charge on any atom is 0.456 e. The van der Waals surface area contributed by atoms with Gasteiger partial charge in [-0.3, -0.25) is 0 Å². The molecular formula is C17H23BO6S. The van der Waals surface area contributed by atoms with Crippen molar-refractivity contribution in [1.29, 1.82) is 0 Å². The molecule has 1 fully saturated rings. The fraction of sp³-hybridized carbons (Fsp3) is 0.529.